The van der Waals surface area contributed by atoms with E-state index in [0.29, 0.717) is 0 Å². The van der Waals surface area contributed by atoms with Crippen molar-refractivity contribution in [1.82, 2.24) is 0 Å². The van der Waals surface area contributed by atoms with Gasteiger partial charge in [-0.2, -0.15) is 0 Å². The molecule has 0 saturated heterocycles. The van der Waals surface area contributed by atoms with Gasteiger partial charge in [-0.1, -0.05) is 13.8 Å². The van der Waals surface area contributed by atoms with Gasteiger partial charge in [0.15, 0.2) is 6.10 Å². The summed E-state index contributed by atoms with van der Waals surface area (Å²) >= 11 is 0. The molecule has 0 bridgehead atoms. The third-order valence-electron chi connectivity index (χ3n) is 1.73. The van der Waals surface area contributed by atoms with E-state index in [4.69, 9.17) is 14.4 Å². The molecular weight excluding hydrogens is 356 g/mol. The summed E-state index contributed by atoms with van der Waals surface area (Å²) in [6.45, 7) is 2.17. The van der Waals surface area contributed by atoms with E-state index in [2.05, 4.69) is 4.52 Å². The summed E-state index contributed by atoms with van der Waals surface area (Å²) in [4.78, 5) is 40.7. The Balaban J connectivity index is 0. The Morgan fingerprint density at radius 3 is 2.16 bits per heavy atom. The number of hydrogen-bond acceptors (Lipinski definition) is 7. The normalized spacial score (nSPS) is 14.7. The molecule has 0 amide bonds. The van der Waals surface area contributed by atoms with E-state index in [-0.39, 0.29) is 52.2 Å². The Labute approximate surface area is 136 Å². The summed E-state index contributed by atoms with van der Waals surface area (Å²) in [5.41, 5.74) is 0. The molecule has 0 aliphatic rings. The van der Waals surface area contributed by atoms with Gasteiger partial charge in [0.1, 0.15) is 6.61 Å². The van der Waals surface area contributed by atoms with Gasteiger partial charge in [0, 0.05) is 45.6 Å². The smallest absolute Gasteiger partial charge is 0.305 e. The van der Waals surface area contributed by atoms with Gasteiger partial charge in [-0.25, -0.2) is 0 Å². The average molecular weight is 372 g/mol. The van der Waals surface area contributed by atoms with Gasteiger partial charge in [0.2, 0.25) is 0 Å². The van der Waals surface area contributed by atoms with E-state index in [9.17, 15) is 19.0 Å². The number of hydrogen-bond donors (Lipinski definition) is 1. The van der Waals surface area contributed by atoms with E-state index >= 15 is 0 Å². The first-order chi connectivity index (χ1) is 8.28. The number of carbonyl (C=O) groups is 2. The van der Waals surface area contributed by atoms with Gasteiger partial charge in [-0.15, -0.1) is 0 Å². The molecule has 0 fully saturated rings. The van der Waals surface area contributed by atoms with E-state index in [1.54, 1.807) is 13.8 Å². The van der Waals surface area contributed by atoms with Crippen molar-refractivity contribution in [3.63, 3.8) is 0 Å². The van der Waals surface area contributed by atoms with Crippen LogP contribution in [0.25, 0.3) is 0 Å². The maximum Gasteiger partial charge on any atom is 0.305 e. The first-order valence-corrected chi connectivity index (χ1v) is 6.81. The number of ether oxygens (including phenoxy) is 2. The number of phosphoric acid groups is 1. The zero-order chi connectivity index (χ0) is 14.2. The van der Waals surface area contributed by atoms with Crippen molar-refractivity contribution in [1.29, 1.82) is 0 Å². The van der Waals surface area contributed by atoms with E-state index < -0.39 is 32.5 Å². The van der Waals surface area contributed by atoms with Crippen molar-refractivity contribution in [2.75, 3.05) is 13.2 Å². The minimum Gasteiger partial charge on any atom is -0.756 e. The Morgan fingerprint density at radius 1 is 1.21 bits per heavy atom. The maximum absolute atomic E-state index is 11.0. The Kier molecular flexibility index (Phi) is 12.3. The van der Waals surface area contributed by atoms with Gasteiger partial charge in [-0.05, 0) is 0 Å². The molecule has 0 heterocycles. The van der Waals surface area contributed by atoms with Crippen molar-refractivity contribution in [3.8, 4) is 0 Å². The van der Waals surface area contributed by atoms with Crippen molar-refractivity contribution in [2.45, 2.75) is 32.8 Å². The van der Waals surface area contributed by atoms with Gasteiger partial charge < -0.3 is 23.8 Å². The number of esters is 2. The van der Waals surface area contributed by atoms with Crippen LogP contribution in [0.15, 0.2) is 0 Å². The molecule has 19 heavy (non-hydrogen) atoms. The second-order valence-electron chi connectivity index (χ2n) is 3.27. The fourth-order valence-corrected chi connectivity index (χ4v) is 1.21. The van der Waals surface area contributed by atoms with Gasteiger partial charge >= 0.3 is 11.9 Å². The molecule has 109 valence electrons. The zero-order valence-electron chi connectivity index (χ0n) is 10.7. The summed E-state index contributed by atoms with van der Waals surface area (Å²) in [6.07, 6.45) is -0.871. The summed E-state index contributed by atoms with van der Waals surface area (Å²) in [5.74, 6) is -1.13. The summed E-state index contributed by atoms with van der Waals surface area (Å²) < 4.78 is 24.0. The van der Waals surface area contributed by atoms with Crippen molar-refractivity contribution < 1.29 is 70.6 Å². The molecule has 0 aliphatic carbocycles. The molecule has 0 aliphatic heterocycles. The van der Waals surface area contributed by atoms with Crippen LogP contribution in [0, 0.1) is 0 Å². The first kappa shape index (κ1) is 21.5. The van der Waals surface area contributed by atoms with Crippen molar-refractivity contribution in [2.24, 2.45) is 0 Å². The molecule has 1 radical (unpaired) electrons. The topological polar surface area (TPSA) is 122 Å². The van der Waals surface area contributed by atoms with Crippen molar-refractivity contribution in [3.05, 3.63) is 0 Å². The van der Waals surface area contributed by atoms with Crippen LogP contribution in [0.5, 0.6) is 0 Å². The average Bonchev–Trinajstić information content (AvgIpc) is 2.30. The maximum atomic E-state index is 11.0. The fraction of sp³-hybridized carbons (Fsp3) is 0.778. The van der Waals surface area contributed by atoms with Crippen LogP contribution in [-0.2, 0) is 60.9 Å². The standard InChI is InChI=1S/C9H17O8P.Y/c1-3-8(10)15-5-7(17-9(11)4-2)6-16-18(12,13)14;/h7H,3-6H2,1-2H3,(H2,12,13,14);/p-1. The molecule has 0 aromatic rings. The molecule has 2 unspecified atom stereocenters. The molecule has 0 saturated carbocycles. The third kappa shape index (κ3) is 12.9. The Hall–Kier alpha value is 0.154. The molecule has 1 N–H and O–H groups in total. The van der Waals surface area contributed by atoms with E-state index in [1.807, 2.05) is 0 Å². The molecule has 8 nitrogen and oxygen atoms in total. The van der Waals surface area contributed by atoms with Gasteiger partial charge in [0.25, 0.3) is 7.82 Å². The van der Waals surface area contributed by atoms with E-state index in [0.717, 1.165) is 0 Å². The summed E-state index contributed by atoms with van der Waals surface area (Å²) in [7, 11) is -4.91. The molecule has 0 aromatic heterocycles. The largest absolute Gasteiger partial charge is 0.756 e. The van der Waals surface area contributed by atoms with Gasteiger partial charge in [-0.3, -0.25) is 14.2 Å². The monoisotopic (exact) mass is 372 g/mol. The van der Waals surface area contributed by atoms with Crippen LogP contribution in [0.3, 0.4) is 0 Å². The minimum atomic E-state index is -4.91. The molecule has 10 heteroatoms. The Bertz CT molecular complexity index is 328. The third-order valence-corrected chi connectivity index (χ3v) is 2.20. The predicted octanol–water partition coefficient (Wildman–Crippen LogP) is -0.264. The summed E-state index contributed by atoms with van der Waals surface area (Å²) in [5, 5.41) is 0. The second kappa shape index (κ2) is 10.9. The second-order valence-corrected chi connectivity index (χ2v) is 4.46. The van der Waals surface area contributed by atoms with Crippen molar-refractivity contribution >= 4 is 19.8 Å². The molecular formula is C9H16O8PY-. The number of phosphoric ester groups is 1. The Morgan fingerprint density at radius 2 is 1.74 bits per heavy atom. The van der Waals surface area contributed by atoms with Crippen LogP contribution in [0.1, 0.15) is 26.7 Å². The van der Waals surface area contributed by atoms with Crippen LogP contribution < -0.4 is 4.89 Å². The summed E-state index contributed by atoms with van der Waals surface area (Å²) in [6, 6.07) is 0. The van der Waals surface area contributed by atoms with E-state index in [1.165, 1.54) is 0 Å². The molecule has 2 atom stereocenters. The quantitative estimate of drug-likeness (QED) is 0.457. The van der Waals surface area contributed by atoms with Crippen LogP contribution in [-0.4, -0.2) is 36.1 Å². The molecule has 0 rings (SSSR count). The minimum absolute atomic E-state index is 0. The van der Waals surface area contributed by atoms with Crippen LogP contribution >= 0.6 is 7.82 Å². The predicted molar refractivity (Wildman–Crippen MR) is 57.2 cm³/mol. The first-order valence-electron chi connectivity index (χ1n) is 5.32. The molecule has 0 spiro atoms. The number of rotatable bonds is 8. The van der Waals surface area contributed by atoms with Gasteiger partial charge in [0.05, 0.1) is 6.61 Å². The SMILES string of the molecule is CCC(=O)OCC(COP(=O)([O-])O)OC(=O)CC.[Y]. The van der Waals surface area contributed by atoms with Crippen LogP contribution in [0.2, 0.25) is 0 Å². The zero-order valence-corrected chi connectivity index (χ0v) is 14.5. The fourth-order valence-electron chi connectivity index (χ4n) is 0.851. The molecule has 0 aromatic carbocycles. The van der Waals surface area contributed by atoms with Crippen LogP contribution in [0.4, 0.5) is 0 Å². The number of carbonyl (C=O) groups excluding carboxylic acids is 2.